The van der Waals surface area contributed by atoms with Gasteiger partial charge in [-0.3, -0.25) is 19.2 Å². The van der Waals surface area contributed by atoms with Gasteiger partial charge in [0.1, 0.15) is 5.82 Å². The number of halogens is 2. The molecule has 0 saturated carbocycles. The Labute approximate surface area is 181 Å². The second kappa shape index (κ2) is 7.77. The highest BCUT2D eigenvalue weighted by atomic mass is 35.5. The van der Waals surface area contributed by atoms with Crippen LogP contribution >= 0.6 is 11.8 Å². The fourth-order valence-electron chi connectivity index (χ4n) is 3.42. The Hall–Kier alpha value is -3.84. The summed E-state index contributed by atoms with van der Waals surface area (Å²) in [5, 5.41) is 2.58. The second-order valence-corrected chi connectivity index (χ2v) is 7.19. The maximum Gasteiger partial charge on any atom is 0.255 e. The van der Waals surface area contributed by atoms with Crippen molar-refractivity contribution in [1.29, 1.82) is 0 Å². The fourth-order valence-corrected chi connectivity index (χ4v) is 3.56. The number of carbonyl (C=O) groups excluding carboxylic acids is 4. The maximum atomic E-state index is 13.3. The lowest BCUT2D eigenvalue weighted by molar-refractivity contribution is -0.115. The van der Waals surface area contributed by atoms with Gasteiger partial charge in [-0.05, 0) is 36.4 Å². The molecule has 0 atom stereocenters. The van der Waals surface area contributed by atoms with Crippen molar-refractivity contribution in [3.05, 3.63) is 94.3 Å². The van der Waals surface area contributed by atoms with Crippen LogP contribution < -0.4 is 9.74 Å². The summed E-state index contributed by atoms with van der Waals surface area (Å²) in [5.74, 6) is -2.63. The quantitative estimate of drug-likeness (QED) is 0.484. The molecule has 1 N–H and O–H groups in total. The standard InChI is InChI=1S/C23H14ClFN2O4/c1-12(28)27(24)18-11-10-17-19(22(30)16-5-3-2-4-15(16)21(17)29)20(18)26-23(31)13-6-8-14(25)9-7-13/h2-11H,1H3,(H,26,31). The molecule has 0 aliphatic heterocycles. The van der Waals surface area contributed by atoms with Gasteiger partial charge in [0.15, 0.2) is 11.6 Å². The van der Waals surface area contributed by atoms with Gasteiger partial charge in [-0.2, -0.15) is 0 Å². The van der Waals surface area contributed by atoms with Crippen molar-refractivity contribution in [2.24, 2.45) is 0 Å². The number of hydrogen-bond donors (Lipinski definition) is 1. The van der Waals surface area contributed by atoms with Crippen molar-refractivity contribution in [1.82, 2.24) is 0 Å². The minimum absolute atomic E-state index is 0.0314. The third kappa shape index (κ3) is 3.49. The molecular weight excluding hydrogens is 423 g/mol. The van der Waals surface area contributed by atoms with E-state index in [4.69, 9.17) is 11.8 Å². The molecule has 1 aliphatic rings. The molecule has 4 rings (SSSR count). The van der Waals surface area contributed by atoms with Gasteiger partial charge in [0, 0.05) is 41.0 Å². The molecule has 1 aliphatic carbocycles. The number of benzene rings is 3. The highest BCUT2D eigenvalue weighted by Crippen LogP contribution is 2.39. The zero-order chi connectivity index (χ0) is 22.3. The molecule has 0 heterocycles. The number of hydrogen-bond acceptors (Lipinski definition) is 4. The number of anilines is 2. The highest BCUT2D eigenvalue weighted by Gasteiger charge is 2.34. The molecule has 0 radical (unpaired) electrons. The van der Waals surface area contributed by atoms with Crippen molar-refractivity contribution in [2.75, 3.05) is 9.74 Å². The van der Waals surface area contributed by atoms with Crippen LogP contribution in [0.5, 0.6) is 0 Å². The van der Waals surface area contributed by atoms with Gasteiger partial charge in [0.2, 0.25) is 5.91 Å². The number of fused-ring (bicyclic) bond motifs is 2. The first kappa shape index (κ1) is 20.4. The van der Waals surface area contributed by atoms with Crippen molar-refractivity contribution in [2.45, 2.75) is 6.92 Å². The lowest BCUT2D eigenvalue weighted by atomic mass is 9.82. The molecule has 8 heteroatoms. The minimum atomic E-state index is -0.664. The molecule has 0 spiro atoms. The van der Waals surface area contributed by atoms with Gasteiger partial charge in [-0.1, -0.05) is 24.3 Å². The molecule has 3 aromatic rings. The van der Waals surface area contributed by atoms with E-state index in [-0.39, 0.29) is 39.2 Å². The summed E-state index contributed by atoms with van der Waals surface area (Å²) in [5.41, 5.74) is 0.507. The van der Waals surface area contributed by atoms with Crippen molar-refractivity contribution >= 4 is 46.5 Å². The largest absolute Gasteiger partial charge is 0.319 e. The molecule has 3 aromatic carbocycles. The molecule has 2 amide bonds. The molecule has 0 aromatic heterocycles. The average Bonchev–Trinajstić information content (AvgIpc) is 2.77. The average molecular weight is 437 g/mol. The van der Waals surface area contributed by atoms with E-state index in [1.165, 1.54) is 37.3 Å². The zero-order valence-corrected chi connectivity index (χ0v) is 16.9. The predicted octanol–water partition coefficient (Wildman–Crippen LogP) is 4.36. The SMILES string of the molecule is CC(=O)N(Cl)c1ccc2c(c1NC(=O)c1ccc(F)cc1)C(=O)c1ccccc1C2=O. The summed E-state index contributed by atoms with van der Waals surface area (Å²) in [6.45, 7) is 1.21. The van der Waals surface area contributed by atoms with Crippen LogP contribution in [0.3, 0.4) is 0 Å². The van der Waals surface area contributed by atoms with E-state index in [9.17, 15) is 23.6 Å². The van der Waals surface area contributed by atoms with Crippen molar-refractivity contribution in [3.8, 4) is 0 Å². The van der Waals surface area contributed by atoms with Gasteiger partial charge in [-0.25, -0.2) is 8.81 Å². The Kier molecular flexibility index (Phi) is 5.12. The van der Waals surface area contributed by atoms with Gasteiger partial charge in [0.05, 0.1) is 16.9 Å². The van der Waals surface area contributed by atoms with E-state index < -0.39 is 29.2 Å². The first-order valence-corrected chi connectivity index (χ1v) is 9.52. The number of ketones is 2. The third-order valence-electron chi connectivity index (χ3n) is 4.90. The van der Waals surface area contributed by atoms with E-state index in [2.05, 4.69) is 5.32 Å². The normalized spacial score (nSPS) is 12.1. The van der Waals surface area contributed by atoms with Crippen molar-refractivity contribution < 1.29 is 23.6 Å². The summed E-state index contributed by atoms with van der Waals surface area (Å²) in [6.07, 6.45) is 0. The second-order valence-electron chi connectivity index (χ2n) is 6.85. The lowest BCUT2D eigenvalue weighted by Gasteiger charge is -2.24. The van der Waals surface area contributed by atoms with Crippen LogP contribution in [0, 0.1) is 5.82 Å². The fraction of sp³-hybridized carbons (Fsp3) is 0.0435. The molecule has 0 fully saturated rings. The number of rotatable bonds is 3. The van der Waals surface area contributed by atoms with Gasteiger partial charge < -0.3 is 5.32 Å². The molecular formula is C23H14ClFN2O4. The topological polar surface area (TPSA) is 83.6 Å². The van der Waals surface area contributed by atoms with Crippen LogP contribution in [0.15, 0.2) is 60.7 Å². The van der Waals surface area contributed by atoms with E-state index in [1.54, 1.807) is 18.2 Å². The Balaban J connectivity index is 1.90. The van der Waals surface area contributed by atoms with Crippen molar-refractivity contribution in [3.63, 3.8) is 0 Å². The number of nitrogens with zero attached hydrogens (tertiary/aromatic N) is 1. The summed E-state index contributed by atoms with van der Waals surface area (Å²) >= 11 is 6.11. The van der Waals surface area contributed by atoms with Crippen LogP contribution in [0.1, 0.15) is 49.1 Å². The van der Waals surface area contributed by atoms with Crippen LogP contribution in [-0.2, 0) is 4.79 Å². The Morgan fingerprint density at radius 1 is 0.871 bits per heavy atom. The molecule has 31 heavy (non-hydrogen) atoms. The number of amides is 2. The van der Waals surface area contributed by atoms with Gasteiger partial charge in [-0.15, -0.1) is 0 Å². The smallest absolute Gasteiger partial charge is 0.255 e. The summed E-state index contributed by atoms with van der Waals surface area (Å²) in [6, 6.07) is 13.9. The zero-order valence-electron chi connectivity index (χ0n) is 16.1. The summed E-state index contributed by atoms with van der Waals surface area (Å²) in [4.78, 5) is 51.0. The lowest BCUT2D eigenvalue weighted by Crippen LogP contribution is -2.27. The van der Waals surface area contributed by atoms with Crippen LogP contribution in [0.2, 0.25) is 0 Å². The molecule has 0 bridgehead atoms. The Morgan fingerprint density at radius 3 is 2.10 bits per heavy atom. The molecule has 154 valence electrons. The Bertz CT molecular complexity index is 1270. The maximum absolute atomic E-state index is 13.3. The van der Waals surface area contributed by atoms with E-state index in [0.717, 1.165) is 16.6 Å². The van der Waals surface area contributed by atoms with E-state index >= 15 is 0 Å². The predicted molar refractivity (Wildman–Crippen MR) is 113 cm³/mol. The number of nitrogens with one attached hydrogen (secondary N) is 1. The minimum Gasteiger partial charge on any atom is -0.319 e. The molecule has 6 nitrogen and oxygen atoms in total. The Morgan fingerprint density at radius 2 is 1.48 bits per heavy atom. The monoisotopic (exact) mass is 436 g/mol. The summed E-state index contributed by atoms with van der Waals surface area (Å²) < 4.78 is 14.0. The van der Waals surface area contributed by atoms with E-state index in [0.29, 0.717) is 0 Å². The third-order valence-corrected chi connectivity index (χ3v) is 5.32. The van der Waals surface area contributed by atoms with Gasteiger partial charge >= 0.3 is 0 Å². The van der Waals surface area contributed by atoms with Crippen LogP contribution in [0.4, 0.5) is 15.8 Å². The highest BCUT2D eigenvalue weighted by molar-refractivity contribution is 6.39. The van der Waals surface area contributed by atoms with Crippen LogP contribution in [-0.4, -0.2) is 23.4 Å². The molecule has 0 saturated heterocycles. The van der Waals surface area contributed by atoms with Gasteiger partial charge in [0.25, 0.3) is 5.91 Å². The van der Waals surface area contributed by atoms with E-state index in [1.807, 2.05) is 0 Å². The van der Waals surface area contributed by atoms with Crippen LogP contribution in [0.25, 0.3) is 0 Å². The summed E-state index contributed by atoms with van der Waals surface area (Å²) in [7, 11) is 0. The molecule has 0 unspecified atom stereocenters. The first-order valence-electron chi connectivity index (χ1n) is 9.18. The first-order chi connectivity index (χ1) is 14.8. The number of carbonyl (C=O) groups is 4.